The predicted octanol–water partition coefficient (Wildman–Crippen LogP) is 3.45. The van der Waals surface area contributed by atoms with E-state index >= 15 is 0 Å². The average Bonchev–Trinajstić information content (AvgIpc) is 2.48. The van der Waals surface area contributed by atoms with Gasteiger partial charge in [0.25, 0.3) is 11.8 Å². The fourth-order valence-electron chi connectivity index (χ4n) is 2.16. The van der Waals surface area contributed by atoms with Crippen LogP contribution in [0.4, 0.5) is 15.8 Å². The number of rotatable bonds is 2. The van der Waals surface area contributed by atoms with Gasteiger partial charge in [0.05, 0.1) is 11.3 Å². The molecule has 0 saturated heterocycles. The van der Waals surface area contributed by atoms with Gasteiger partial charge in [-0.05, 0) is 43.3 Å². The van der Waals surface area contributed by atoms with Crippen molar-refractivity contribution in [1.29, 1.82) is 0 Å². The van der Waals surface area contributed by atoms with Crippen molar-refractivity contribution in [3.8, 4) is 5.75 Å². The molecule has 0 aromatic heterocycles. The fourth-order valence-corrected chi connectivity index (χ4v) is 2.32. The van der Waals surface area contributed by atoms with Gasteiger partial charge in [-0.1, -0.05) is 11.6 Å². The first kappa shape index (κ1) is 15.3. The third-order valence-electron chi connectivity index (χ3n) is 3.34. The van der Waals surface area contributed by atoms with Crippen LogP contribution in [0.1, 0.15) is 17.3 Å². The van der Waals surface area contributed by atoms with Crippen molar-refractivity contribution in [1.82, 2.24) is 0 Å². The van der Waals surface area contributed by atoms with Crippen LogP contribution in [0, 0.1) is 5.82 Å². The Labute approximate surface area is 136 Å². The Morgan fingerprint density at radius 3 is 2.83 bits per heavy atom. The zero-order valence-electron chi connectivity index (χ0n) is 12.0. The minimum atomic E-state index is -0.710. The highest BCUT2D eigenvalue weighted by Crippen LogP contribution is 2.32. The van der Waals surface area contributed by atoms with Crippen LogP contribution in [0.5, 0.6) is 5.75 Å². The molecule has 0 spiro atoms. The molecular weight excluding hydrogens is 323 g/mol. The summed E-state index contributed by atoms with van der Waals surface area (Å²) < 4.78 is 19.2. The van der Waals surface area contributed by atoms with Gasteiger partial charge in [-0.25, -0.2) is 4.39 Å². The summed E-state index contributed by atoms with van der Waals surface area (Å²) in [7, 11) is 0. The number of hydrogen-bond acceptors (Lipinski definition) is 3. The Balaban J connectivity index is 1.82. The molecule has 2 N–H and O–H groups in total. The largest absolute Gasteiger partial charge is 0.479 e. The van der Waals surface area contributed by atoms with E-state index in [1.165, 1.54) is 12.1 Å². The van der Waals surface area contributed by atoms with Crippen molar-refractivity contribution in [3.63, 3.8) is 0 Å². The van der Waals surface area contributed by atoms with Crippen molar-refractivity contribution < 1.29 is 18.7 Å². The Bertz CT molecular complexity index is 810. The summed E-state index contributed by atoms with van der Waals surface area (Å²) in [4.78, 5) is 23.7. The third-order valence-corrected chi connectivity index (χ3v) is 3.58. The van der Waals surface area contributed by atoms with Gasteiger partial charge in [0.1, 0.15) is 11.6 Å². The molecule has 1 aliphatic heterocycles. The molecule has 0 bridgehead atoms. The second-order valence-electron chi connectivity index (χ2n) is 5.04. The van der Waals surface area contributed by atoms with Gasteiger partial charge in [0.2, 0.25) is 0 Å². The van der Waals surface area contributed by atoms with Crippen LogP contribution in [0.25, 0.3) is 0 Å². The van der Waals surface area contributed by atoms with Crippen LogP contribution < -0.4 is 15.4 Å². The smallest absolute Gasteiger partial charge is 0.265 e. The van der Waals surface area contributed by atoms with Gasteiger partial charge in [-0.3, -0.25) is 9.59 Å². The predicted molar refractivity (Wildman–Crippen MR) is 84.5 cm³/mol. The molecule has 0 aliphatic carbocycles. The van der Waals surface area contributed by atoms with Crippen LogP contribution in [0.2, 0.25) is 5.02 Å². The number of amides is 2. The van der Waals surface area contributed by atoms with Gasteiger partial charge < -0.3 is 15.4 Å². The second kappa shape index (κ2) is 5.89. The zero-order chi connectivity index (χ0) is 16.6. The van der Waals surface area contributed by atoms with Crippen LogP contribution >= 0.6 is 11.6 Å². The number of ether oxygens (including phenoxy) is 1. The lowest BCUT2D eigenvalue weighted by atomic mass is 10.1. The minimum Gasteiger partial charge on any atom is -0.479 e. The molecule has 23 heavy (non-hydrogen) atoms. The Morgan fingerprint density at radius 1 is 1.30 bits per heavy atom. The Hall–Kier alpha value is -2.60. The van der Waals surface area contributed by atoms with Crippen molar-refractivity contribution in [2.45, 2.75) is 13.0 Å². The highest BCUT2D eigenvalue weighted by atomic mass is 35.5. The molecule has 3 rings (SSSR count). The molecule has 1 aliphatic rings. The van der Waals surface area contributed by atoms with E-state index in [9.17, 15) is 14.0 Å². The first-order valence-corrected chi connectivity index (χ1v) is 7.20. The van der Waals surface area contributed by atoms with Crippen LogP contribution in [0.15, 0.2) is 36.4 Å². The second-order valence-corrected chi connectivity index (χ2v) is 5.47. The molecule has 1 heterocycles. The first-order chi connectivity index (χ1) is 10.9. The van der Waals surface area contributed by atoms with Crippen molar-refractivity contribution >= 4 is 34.8 Å². The summed E-state index contributed by atoms with van der Waals surface area (Å²) >= 11 is 5.66. The number of carbonyl (C=O) groups is 2. The topological polar surface area (TPSA) is 67.4 Å². The molecule has 118 valence electrons. The van der Waals surface area contributed by atoms with E-state index in [4.69, 9.17) is 16.3 Å². The van der Waals surface area contributed by atoms with E-state index in [1.54, 1.807) is 25.1 Å². The molecule has 1 atom stereocenters. The highest BCUT2D eigenvalue weighted by molar-refractivity contribution is 6.30. The van der Waals surface area contributed by atoms with E-state index in [2.05, 4.69) is 10.6 Å². The maximum atomic E-state index is 13.7. The van der Waals surface area contributed by atoms with Crippen molar-refractivity contribution in [2.75, 3.05) is 10.6 Å². The third kappa shape index (κ3) is 3.12. The fraction of sp³-hybridized carbons (Fsp3) is 0.125. The standard InChI is InChI=1S/C16H12ClFN2O3/c1-8-15(21)20-13-7-10(3-5-14(13)23-8)19-16(22)11-4-2-9(17)6-12(11)18/h2-8H,1H3,(H,19,22)(H,20,21)/t8-/m0/s1. The van der Waals surface area contributed by atoms with Gasteiger partial charge in [0, 0.05) is 10.7 Å². The Kier molecular flexibility index (Phi) is 3.92. The quantitative estimate of drug-likeness (QED) is 0.884. The summed E-state index contributed by atoms with van der Waals surface area (Å²) in [5.74, 6) is -1.09. The monoisotopic (exact) mass is 334 g/mol. The number of nitrogens with one attached hydrogen (secondary N) is 2. The summed E-state index contributed by atoms with van der Waals surface area (Å²) in [6.07, 6.45) is -0.578. The molecule has 7 heteroatoms. The van der Waals surface area contributed by atoms with Crippen LogP contribution in [-0.2, 0) is 4.79 Å². The minimum absolute atomic E-state index is 0.124. The molecule has 0 saturated carbocycles. The molecule has 0 fully saturated rings. The number of carbonyl (C=O) groups excluding carboxylic acids is 2. The number of benzene rings is 2. The normalized spacial score (nSPS) is 16.1. The SMILES string of the molecule is C[C@@H]1Oc2ccc(NC(=O)c3ccc(Cl)cc3F)cc2NC1=O. The van der Waals surface area contributed by atoms with Gasteiger partial charge in [0.15, 0.2) is 6.10 Å². The van der Waals surface area contributed by atoms with Gasteiger partial charge in [-0.15, -0.1) is 0 Å². The van der Waals surface area contributed by atoms with Gasteiger partial charge in [-0.2, -0.15) is 0 Å². The number of fused-ring (bicyclic) bond motifs is 1. The highest BCUT2D eigenvalue weighted by Gasteiger charge is 2.23. The summed E-state index contributed by atoms with van der Waals surface area (Å²) in [5.41, 5.74) is 0.727. The molecule has 0 unspecified atom stereocenters. The lowest BCUT2D eigenvalue weighted by Crippen LogP contribution is -2.34. The van der Waals surface area contributed by atoms with Crippen molar-refractivity contribution in [3.05, 3.63) is 52.8 Å². The summed E-state index contributed by atoms with van der Waals surface area (Å²) in [6.45, 7) is 1.64. The lowest BCUT2D eigenvalue weighted by molar-refractivity contribution is -0.122. The van der Waals surface area contributed by atoms with Gasteiger partial charge >= 0.3 is 0 Å². The van der Waals surface area contributed by atoms with E-state index in [0.717, 1.165) is 6.07 Å². The van der Waals surface area contributed by atoms with Crippen LogP contribution in [-0.4, -0.2) is 17.9 Å². The van der Waals surface area contributed by atoms with E-state index in [-0.39, 0.29) is 16.5 Å². The first-order valence-electron chi connectivity index (χ1n) is 6.82. The molecule has 2 amide bonds. The van der Waals surface area contributed by atoms with E-state index < -0.39 is 17.8 Å². The lowest BCUT2D eigenvalue weighted by Gasteiger charge is -2.23. The molecular formula is C16H12ClFN2O3. The molecule has 2 aromatic carbocycles. The zero-order valence-corrected chi connectivity index (χ0v) is 12.8. The van der Waals surface area contributed by atoms with E-state index in [1.807, 2.05) is 0 Å². The van der Waals surface area contributed by atoms with Crippen molar-refractivity contribution in [2.24, 2.45) is 0 Å². The van der Waals surface area contributed by atoms with E-state index in [0.29, 0.717) is 17.1 Å². The molecule has 5 nitrogen and oxygen atoms in total. The Morgan fingerprint density at radius 2 is 2.09 bits per heavy atom. The maximum Gasteiger partial charge on any atom is 0.265 e. The maximum absolute atomic E-state index is 13.7. The molecule has 2 aromatic rings. The van der Waals surface area contributed by atoms with Crippen LogP contribution in [0.3, 0.4) is 0 Å². The average molecular weight is 335 g/mol. The molecule has 0 radical (unpaired) electrons. The number of anilines is 2. The number of hydrogen-bond donors (Lipinski definition) is 2. The summed E-state index contributed by atoms with van der Waals surface area (Å²) in [5, 5.41) is 5.45. The number of halogens is 2. The summed E-state index contributed by atoms with van der Waals surface area (Å²) in [6, 6.07) is 8.58.